The number of rotatable bonds is 3. The van der Waals surface area contributed by atoms with E-state index in [1.807, 2.05) is 24.3 Å². The summed E-state index contributed by atoms with van der Waals surface area (Å²) < 4.78 is 6.31. The van der Waals surface area contributed by atoms with E-state index in [1.54, 1.807) is 0 Å². The fraction of sp³-hybridized carbons (Fsp3) is 0.250. The summed E-state index contributed by atoms with van der Waals surface area (Å²) in [6.45, 7) is 2.11. The third kappa shape index (κ3) is 2.11. The van der Waals surface area contributed by atoms with Gasteiger partial charge < -0.3 is 10.3 Å². The number of nitrogens with two attached hydrogens (primary N) is 1. The van der Waals surface area contributed by atoms with Crippen molar-refractivity contribution in [2.24, 2.45) is 0 Å². The van der Waals surface area contributed by atoms with Crippen LogP contribution >= 0.6 is 15.9 Å². The highest BCUT2D eigenvalue weighted by atomic mass is 79.9. The van der Waals surface area contributed by atoms with Gasteiger partial charge in [0.15, 0.2) is 11.6 Å². The average Bonchev–Trinajstić information content (AvgIpc) is 2.61. The first-order valence-electron chi connectivity index (χ1n) is 5.22. The van der Waals surface area contributed by atoms with Crippen LogP contribution in [-0.4, -0.2) is 5.16 Å². The normalized spacial score (nSPS) is 10.6. The van der Waals surface area contributed by atoms with Crippen molar-refractivity contribution >= 4 is 21.7 Å². The molecule has 16 heavy (non-hydrogen) atoms. The predicted octanol–water partition coefficient (Wildman–Crippen LogP) is 3.64. The zero-order chi connectivity index (χ0) is 11.5. The molecule has 0 bridgehead atoms. The number of hydrogen-bond acceptors (Lipinski definition) is 3. The van der Waals surface area contributed by atoms with Crippen molar-refractivity contribution in [2.75, 3.05) is 5.73 Å². The fourth-order valence-corrected chi connectivity index (χ4v) is 2.07. The van der Waals surface area contributed by atoms with E-state index in [-0.39, 0.29) is 0 Å². The van der Waals surface area contributed by atoms with Crippen LogP contribution in [0.5, 0.6) is 0 Å². The molecule has 0 unspecified atom stereocenters. The summed E-state index contributed by atoms with van der Waals surface area (Å²) in [6, 6.07) is 7.93. The molecule has 0 aliphatic heterocycles. The molecule has 0 fully saturated rings. The molecule has 2 rings (SSSR count). The predicted molar refractivity (Wildman–Crippen MR) is 68.0 cm³/mol. The molecule has 2 aromatic rings. The van der Waals surface area contributed by atoms with Crippen LogP contribution < -0.4 is 5.73 Å². The summed E-state index contributed by atoms with van der Waals surface area (Å²) in [4.78, 5) is 0. The van der Waals surface area contributed by atoms with E-state index in [2.05, 4.69) is 28.0 Å². The Balaban J connectivity index is 2.47. The Kier molecular flexibility index (Phi) is 3.29. The first-order chi connectivity index (χ1) is 7.72. The van der Waals surface area contributed by atoms with E-state index in [0.717, 1.165) is 34.2 Å². The molecule has 0 radical (unpaired) electrons. The van der Waals surface area contributed by atoms with Crippen molar-refractivity contribution < 1.29 is 4.52 Å². The molecular formula is C12H13BrN2O. The maximum absolute atomic E-state index is 5.79. The van der Waals surface area contributed by atoms with E-state index in [1.165, 1.54) is 0 Å². The van der Waals surface area contributed by atoms with Gasteiger partial charge in [-0.05, 0) is 18.6 Å². The summed E-state index contributed by atoms with van der Waals surface area (Å²) in [6.07, 6.45) is 1.91. The van der Waals surface area contributed by atoms with Crippen LogP contribution in [0, 0.1) is 0 Å². The highest BCUT2D eigenvalue weighted by Gasteiger charge is 2.14. The van der Waals surface area contributed by atoms with Crippen molar-refractivity contribution in [3.05, 3.63) is 34.3 Å². The molecular weight excluding hydrogens is 268 g/mol. The second-order valence-corrected chi connectivity index (χ2v) is 4.55. The molecule has 0 atom stereocenters. The first-order valence-corrected chi connectivity index (χ1v) is 6.01. The summed E-state index contributed by atoms with van der Waals surface area (Å²) in [5, 5.41) is 3.83. The van der Waals surface area contributed by atoms with Crippen LogP contribution in [0.2, 0.25) is 0 Å². The van der Waals surface area contributed by atoms with E-state index < -0.39 is 0 Å². The van der Waals surface area contributed by atoms with Gasteiger partial charge in [-0.1, -0.05) is 46.6 Å². The quantitative estimate of drug-likeness (QED) is 0.934. The van der Waals surface area contributed by atoms with Gasteiger partial charge in [0.2, 0.25) is 0 Å². The lowest BCUT2D eigenvalue weighted by Crippen LogP contribution is -1.92. The van der Waals surface area contributed by atoms with Gasteiger partial charge in [0.05, 0.1) is 0 Å². The molecule has 0 aliphatic rings. The number of anilines is 1. The smallest absolute Gasteiger partial charge is 0.172 e. The van der Waals surface area contributed by atoms with Gasteiger partial charge in [0.1, 0.15) is 0 Å². The lowest BCUT2D eigenvalue weighted by molar-refractivity contribution is 0.435. The molecule has 1 aromatic heterocycles. The number of nitrogens with zero attached hydrogens (tertiary/aromatic N) is 1. The third-order valence-corrected chi connectivity index (χ3v) is 2.90. The number of halogens is 1. The molecule has 1 heterocycles. The molecule has 3 nitrogen and oxygen atoms in total. The van der Waals surface area contributed by atoms with Crippen molar-refractivity contribution in [2.45, 2.75) is 19.8 Å². The summed E-state index contributed by atoms with van der Waals surface area (Å²) in [7, 11) is 0. The lowest BCUT2D eigenvalue weighted by Gasteiger charge is -2.01. The first kappa shape index (κ1) is 11.2. The van der Waals surface area contributed by atoms with Gasteiger partial charge in [-0.3, -0.25) is 0 Å². The number of hydrogen-bond donors (Lipinski definition) is 1. The molecule has 1 aromatic carbocycles. The Bertz CT molecular complexity index is 494. The van der Waals surface area contributed by atoms with E-state index in [0.29, 0.717) is 5.82 Å². The second-order valence-electron chi connectivity index (χ2n) is 3.64. The van der Waals surface area contributed by atoms with Crippen molar-refractivity contribution in [3.8, 4) is 11.3 Å². The summed E-state index contributed by atoms with van der Waals surface area (Å²) >= 11 is 3.44. The zero-order valence-corrected chi connectivity index (χ0v) is 10.6. The molecule has 0 saturated carbocycles. The van der Waals surface area contributed by atoms with Crippen molar-refractivity contribution in [3.63, 3.8) is 0 Å². The molecule has 2 N–H and O–H groups in total. The third-order valence-electron chi connectivity index (χ3n) is 2.41. The monoisotopic (exact) mass is 280 g/mol. The van der Waals surface area contributed by atoms with Crippen LogP contribution in [0.15, 0.2) is 33.3 Å². The molecule has 0 aliphatic carbocycles. The van der Waals surface area contributed by atoms with E-state index >= 15 is 0 Å². The minimum atomic E-state index is 0.497. The van der Waals surface area contributed by atoms with Gasteiger partial charge in [-0.25, -0.2) is 0 Å². The molecule has 0 spiro atoms. The number of benzene rings is 1. The highest BCUT2D eigenvalue weighted by molar-refractivity contribution is 9.10. The molecule has 4 heteroatoms. The zero-order valence-electron chi connectivity index (χ0n) is 9.03. The van der Waals surface area contributed by atoms with Gasteiger partial charge in [0.25, 0.3) is 0 Å². The van der Waals surface area contributed by atoms with Gasteiger partial charge in [-0.15, -0.1) is 0 Å². The largest absolute Gasteiger partial charge is 0.381 e. The number of nitrogen functional groups attached to an aromatic ring is 1. The molecule has 0 saturated heterocycles. The summed E-state index contributed by atoms with van der Waals surface area (Å²) in [5.74, 6) is 1.28. The van der Waals surface area contributed by atoms with Crippen molar-refractivity contribution in [1.82, 2.24) is 5.16 Å². The topological polar surface area (TPSA) is 52.0 Å². The van der Waals surface area contributed by atoms with Gasteiger partial charge in [-0.2, -0.15) is 0 Å². The van der Waals surface area contributed by atoms with Gasteiger partial charge >= 0.3 is 0 Å². The summed E-state index contributed by atoms with van der Waals surface area (Å²) in [5.41, 5.74) is 7.79. The van der Waals surface area contributed by atoms with Crippen LogP contribution in [0.4, 0.5) is 5.82 Å². The maximum atomic E-state index is 5.79. The van der Waals surface area contributed by atoms with Crippen LogP contribution in [-0.2, 0) is 6.42 Å². The minimum Gasteiger partial charge on any atom is -0.381 e. The lowest BCUT2D eigenvalue weighted by atomic mass is 10.1. The highest BCUT2D eigenvalue weighted by Crippen LogP contribution is 2.30. The van der Waals surface area contributed by atoms with Gasteiger partial charge in [0, 0.05) is 15.6 Å². The Morgan fingerprint density at radius 2 is 2.25 bits per heavy atom. The van der Waals surface area contributed by atoms with E-state index in [4.69, 9.17) is 10.3 Å². The second kappa shape index (κ2) is 4.70. The Morgan fingerprint density at radius 1 is 1.44 bits per heavy atom. The van der Waals surface area contributed by atoms with Crippen molar-refractivity contribution in [1.29, 1.82) is 0 Å². The van der Waals surface area contributed by atoms with E-state index in [9.17, 15) is 0 Å². The number of aromatic nitrogens is 1. The Morgan fingerprint density at radius 3 is 2.94 bits per heavy atom. The molecule has 84 valence electrons. The van der Waals surface area contributed by atoms with Crippen LogP contribution in [0.1, 0.15) is 18.9 Å². The standard InChI is InChI=1S/C12H13BrN2O/c1-2-4-10-11(16-15-12(10)14)8-5-3-6-9(13)7-8/h3,5-7H,2,4H2,1H3,(H2,14,15). The SMILES string of the molecule is CCCc1c(N)noc1-c1cccc(Br)c1. The van der Waals surface area contributed by atoms with Crippen LogP contribution in [0.25, 0.3) is 11.3 Å². The maximum Gasteiger partial charge on any atom is 0.172 e. The van der Waals surface area contributed by atoms with Crippen LogP contribution in [0.3, 0.4) is 0 Å². The minimum absolute atomic E-state index is 0.497. The Labute approximate surface area is 103 Å². The Hall–Kier alpha value is -1.29. The fourth-order valence-electron chi connectivity index (χ4n) is 1.67. The average molecular weight is 281 g/mol. The molecule has 0 amide bonds.